The number of benzene rings is 1. The lowest BCUT2D eigenvalue weighted by atomic mass is 9.83. The minimum Gasteiger partial charge on any atom is -0.497 e. The van der Waals surface area contributed by atoms with Gasteiger partial charge in [0.25, 0.3) is 0 Å². The van der Waals surface area contributed by atoms with Gasteiger partial charge in [0.05, 0.1) is 24.7 Å². The summed E-state index contributed by atoms with van der Waals surface area (Å²) in [6.07, 6.45) is 5.83. The molecule has 9 heteroatoms. The highest BCUT2D eigenvalue weighted by Gasteiger charge is 2.27. The molecule has 4 heterocycles. The topological polar surface area (TPSA) is 95.0 Å². The highest BCUT2D eigenvalue weighted by Crippen LogP contribution is 2.36. The molecule has 2 N–H and O–H groups in total. The summed E-state index contributed by atoms with van der Waals surface area (Å²) in [5.41, 5.74) is 9.10. The lowest BCUT2D eigenvalue weighted by Gasteiger charge is -2.37. The van der Waals surface area contributed by atoms with Crippen molar-refractivity contribution in [3.05, 3.63) is 54.4 Å². The second-order valence-electron chi connectivity index (χ2n) is 9.35. The number of ether oxygens (including phenoxy) is 1. The molecule has 3 aromatic heterocycles. The van der Waals surface area contributed by atoms with Crippen molar-refractivity contribution in [1.29, 1.82) is 0 Å². The fraction of sp³-hybridized carbons (Fsp3) is 0.360. The standard InChI is InChI=1S/C25H29N7OS/c1-25(2)10-13-31(14-11-25)20-15-28-21-23(29-20)32(16-17-6-8-18(33-3)9-7-17)30-24(21)34-19-5-4-12-27-22(19)26/h4-9,12,15H,10-11,13-14,16H2,1-3H3,(H2,26,27). The molecule has 1 aliphatic heterocycles. The Bertz CT molecular complexity index is 1290. The van der Waals surface area contributed by atoms with Gasteiger partial charge < -0.3 is 15.4 Å². The van der Waals surface area contributed by atoms with Crippen LogP contribution in [0.15, 0.2) is 58.7 Å². The monoisotopic (exact) mass is 475 g/mol. The Labute approximate surface area is 203 Å². The third-order valence-corrected chi connectivity index (χ3v) is 7.37. The first kappa shape index (κ1) is 22.5. The van der Waals surface area contributed by atoms with Crippen molar-refractivity contribution in [2.45, 2.75) is 43.2 Å². The Morgan fingerprint density at radius 3 is 2.56 bits per heavy atom. The van der Waals surface area contributed by atoms with Gasteiger partial charge in [0.2, 0.25) is 0 Å². The molecular formula is C25H29N7OS. The number of pyridine rings is 1. The molecular weight excluding hydrogens is 446 g/mol. The van der Waals surface area contributed by atoms with Crippen molar-refractivity contribution >= 4 is 34.6 Å². The Morgan fingerprint density at radius 2 is 1.85 bits per heavy atom. The second kappa shape index (κ2) is 9.13. The number of hydrogen-bond donors (Lipinski definition) is 1. The summed E-state index contributed by atoms with van der Waals surface area (Å²) < 4.78 is 7.22. The van der Waals surface area contributed by atoms with E-state index in [1.807, 2.05) is 47.3 Å². The summed E-state index contributed by atoms with van der Waals surface area (Å²) in [5, 5.41) is 5.66. The van der Waals surface area contributed by atoms with E-state index >= 15 is 0 Å². The van der Waals surface area contributed by atoms with Gasteiger partial charge in [-0.15, -0.1) is 0 Å². The summed E-state index contributed by atoms with van der Waals surface area (Å²) in [6, 6.07) is 11.8. The molecule has 176 valence electrons. The van der Waals surface area contributed by atoms with Crippen LogP contribution in [-0.2, 0) is 6.54 Å². The van der Waals surface area contributed by atoms with Crippen LogP contribution in [0.1, 0.15) is 32.3 Å². The minimum absolute atomic E-state index is 0.373. The second-order valence-corrected chi connectivity index (χ2v) is 10.4. The predicted octanol–water partition coefficient (Wildman–Crippen LogP) is 4.64. The normalized spacial score (nSPS) is 15.6. The maximum atomic E-state index is 6.09. The maximum Gasteiger partial charge on any atom is 0.180 e. The van der Waals surface area contributed by atoms with Crippen LogP contribution in [0, 0.1) is 5.41 Å². The third kappa shape index (κ3) is 4.65. The molecule has 0 unspecified atom stereocenters. The van der Waals surface area contributed by atoms with Gasteiger partial charge in [-0.3, -0.25) is 0 Å². The molecule has 0 bridgehead atoms. The fourth-order valence-electron chi connectivity index (χ4n) is 4.08. The molecule has 8 nitrogen and oxygen atoms in total. The summed E-state index contributed by atoms with van der Waals surface area (Å²) >= 11 is 1.47. The average molecular weight is 476 g/mol. The van der Waals surface area contributed by atoms with Crippen LogP contribution in [0.25, 0.3) is 11.2 Å². The van der Waals surface area contributed by atoms with Crippen LogP contribution < -0.4 is 15.4 Å². The highest BCUT2D eigenvalue weighted by molar-refractivity contribution is 7.99. The molecule has 1 fully saturated rings. The zero-order valence-corrected chi connectivity index (χ0v) is 20.5. The molecule has 0 aliphatic carbocycles. The number of rotatable bonds is 6. The van der Waals surface area contributed by atoms with Gasteiger partial charge in [-0.1, -0.05) is 37.7 Å². The first-order chi connectivity index (χ1) is 16.4. The van der Waals surface area contributed by atoms with E-state index in [2.05, 4.69) is 23.7 Å². The Hall–Kier alpha value is -3.33. The van der Waals surface area contributed by atoms with Crippen molar-refractivity contribution in [2.24, 2.45) is 5.41 Å². The van der Waals surface area contributed by atoms with E-state index in [1.165, 1.54) is 11.8 Å². The number of anilines is 2. The summed E-state index contributed by atoms with van der Waals surface area (Å²) in [4.78, 5) is 17.2. The first-order valence-corrected chi connectivity index (χ1v) is 12.2. The van der Waals surface area contributed by atoms with Crippen molar-refractivity contribution in [3.8, 4) is 5.75 Å². The van der Waals surface area contributed by atoms with Crippen molar-refractivity contribution < 1.29 is 4.74 Å². The van der Waals surface area contributed by atoms with Crippen LogP contribution >= 0.6 is 11.8 Å². The summed E-state index contributed by atoms with van der Waals surface area (Å²) in [5.74, 6) is 2.20. The van der Waals surface area contributed by atoms with E-state index in [0.29, 0.717) is 17.8 Å². The van der Waals surface area contributed by atoms with E-state index in [9.17, 15) is 0 Å². The van der Waals surface area contributed by atoms with Gasteiger partial charge in [-0.05, 0) is 48.1 Å². The number of nitrogens with zero attached hydrogens (tertiary/aromatic N) is 6. The van der Waals surface area contributed by atoms with Crippen molar-refractivity contribution in [1.82, 2.24) is 24.7 Å². The highest BCUT2D eigenvalue weighted by atomic mass is 32.2. The lowest BCUT2D eigenvalue weighted by Crippen LogP contribution is -2.37. The minimum atomic E-state index is 0.373. The molecule has 4 aromatic rings. The molecule has 34 heavy (non-hydrogen) atoms. The van der Waals surface area contributed by atoms with E-state index in [0.717, 1.165) is 64.1 Å². The van der Waals surface area contributed by atoms with Crippen molar-refractivity contribution in [3.63, 3.8) is 0 Å². The fourth-order valence-corrected chi connectivity index (χ4v) is 4.97. The predicted molar refractivity (Wildman–Crippen MR) is 135 cm³/mol. The molecule has 0 spiro atoms. The zero-order valence-electron chi connectivity index (χ0n) is 19.7. The largest absolute Gasteiger partial charge is 0.497 e. The summed E-state index contributed by atoms with van der Waals surface area (Å²) in [7, 11) is 1.67. The number of nitrogen functional groups attached to an aromatic ring is 1. The SMILES string of the molecule is COc1ccc(Cn2nc(Sc3cccnc3N)c3ncc(N4CCC(C)(C)CC4)nc32)cc1. The average Bonchev–Trinajstić information content (AvgIpc) is 3.17. The van der Waals surface area contributed by atoms with Crippen LogP contribution in [0.3, 0.4) is 0 Å². The molecule has 0 amide bonds. The van der Waals surface area contributed by atoms with Crippen LogP contribution in [-0.4, -0.2) is 44.9 Å². The zero-order chi connectivity index (χ0) is 23.7. The lowest BCUT2D eigenvalue weighted by molar-refractivity contribution is 0.279. The van der Waals surface area contributed by atoms with E-state index < -0.39 is 0 Å². The molecule has 1 saturated heterocycles. The van der Waals surface area contributed by atoms with Gasteiger partial charge in [0, 0.05) is 19.3 Å². The Kier molecular flexibility index (Phi) is 6.03. The smallest absolute Gasteiger partial charge is 0.180 e. The molecule has 0 radical (unpaired) electrons. The number of piperidine rings is 1. The summed E-state index contributed by atoms with van der Waals surface area (Å²) in [6.45, 7) is 7.20. The van der Waals surface area contributed by atoms with Crippen LogP contribution in [0.2, 0.25) is 0 Å². The van der Waals surface area contributed by atoms with Crippen LogP contribution in [0.5, 0.6) is 5.75 Å². The number of hydrogen-bond acceptors (Lipinski definition) is 8. The molecule has 1 aromatic carbocycles. The number of methoxy groups -OCH3 is 1. The number of aromatic nitrogens is 5. The third-order valence-electron chi connectivity index (χ3n) is 6.34. The number of fused-ring (bicyclic) bond motifs is 1. The van der Waals surface area contributed by atoms with Gasteiger partial charge in [-0.2, -0.15) is 5.10 Å². The first-order valence-electron chi connectivity index (χ1n) is 11.4. The Morgan fingerprint density at radius 1 is 1.09 bits per heavy atom. The van der Waals surface area contributed by atoms with Gasteiger partial charge in [0.15, 0.2) is 10.7 Å². The Balaban J connectivity index is 1.52. The molecule has 0 saturated carbocycles. The van der Waals surface area contributed by atoms with E-state index in [1.54, 1.807) is 13.3 Å². The maximum absolute atomic E-state index is 6.09. The number of nitrogens with two attached hydrogens (primary N) is 1. The van der Waals surface area contributed by atoms with E-state index in [-0.39, 0.29) is 0 Å². The van der Waals surface area contributed by atoms with Crippen LogP contribution in [0.4, 0.5) is 11.6 Å². The molecule has 5 rings (SSSR count). The quantitative estimate of drug-likeness (QED) is 0.431. The van der Waals surface area contributed by atoms with Gasteiger partial charge in [0.1, 0.15) is 22.9 Å². The van der Waals surface area contributed by atoms with Gasteiger partial charge >= 0.3 is 0 Å². The molecule has 1 aliphatic rings. The van der Waals surface area contributed by atoms with E-state index in [4.69, 9.17) is 25.5 Å². The van der Waals surface area contributed by atoms with Crippen molar-refractivity contribution in [2.75, 3.05) is 30.8 Å². The molecule has 0 atom stereocenters. The van der Waals surface area contributed by atoms with Gasteiger partial charge in [-0.25, -0.2) is 19.6 Å².